The molecule has 8 nitrogen and oxygen atoms in total. The van der Waals surface area contributed by atoms with Crippen LogP contribution in [0.2, 0.25) is 0 Å². The van der Waals surface area contributed by atoms with Crippen LogP contribution in [0.3, 0.4) is 0 Å². The van der Waals surface area contributed by atoms with Gasteiger partial charge in [0.25, 0.3) is 0 Å². The lowest BCUT2D eigenvalue weighted by Crippen LogP contribution is -2.60. The van der Waals surface area contributed by atoms with Gasteiger partial charge in [0.15, 0.2) is 0 Å². The molecule has 0 spiro atoms. The highest BCUT2D eigenvalue weighted by Gasteiger charge is 2.65. The summed E-state index contributed by atoms with van der Waals surface area (Å²) in [5, 5.41) is 40.9. The lowest BCUT2D eigenvalue weighted by molar-refractivity contribution is -0.141. The molecule has 0 aromatic carbocycles. The quantitative estimate of drug-likeness (QED) is 0.311. The number of ether oxygens (including phenoxy) is 1. The molecule has 4 rings (SSSR count). The van der Waals surface area contributed by atoms with Crippen molar-refractivity contribution in [2.75, 3.05) is 7.11 Å². The molecule has 0 amide bonds. The standard InChI is InChI=1S/C25H39N3O5/c1-14(5-8-22(29)33-4)17-6-7-18-23-19(13-21(28-32)25(17,18)3)24(2)10-9-16(26-30)11-15(24)12-20(23)27-31/h14-15,17-19,23,30-32H,5-13H2,1-4H3/b26-16-,27-20+,28-21+/t14?,15?,17-,18+,19+,23?,24+,25-/m1/s1. The predicted octanol–water partition coefficient (Wildman–Crippen LogP) is 4.95. The van der Waals surface area contributed by atoms with Gasteiger partial charge in [-0.25, -0.2) is 0 Å². The van der Waals surface area contributed by atoms with Gasteiger partial charge < -0.3 is 20.4 Å². The predicted molar refractivity (Wildman–Crippen MR) is 124 cm³/mol. The van der Waals surface area contributed by atoms with Crippen molar-refractivity contribution in [1.29, 1.82) is 0 Å². The molecule has 4 aliphatic rings. The molecule has 3 N–H and O–H groups in total. The number of methoxy groups -OCH3 is 1. The van der Waals surface area contributed by atoms with Gasteiger partial charge in [-0.15, -0.1) is 0 Å². The normalized spacial score (nSPS) is 44.8. The number of rotatable bonds is 4. The Bertz CT molecular complexity index is 870. The third-order valence-electron chi connectivity index (χ3n) is 10.4. The maximum Gasteiger partial charge on any atom is 0.305 e. The monoisotopic (exact) mass is 461 g/mol. The lowest BCUT2D eigenvalue weighted by atomic mass is 9.43. The Hall–Kier alpha value is -2.12. The molecule has 4 aliphatic carbocycles. The van der Waals surface area contributed by atoms with Crippen LogP contribution < -0.4 is 0 Å². The van der Waals surface area contributed by atoms with Crippen LogP contribution in [-0.4, -0.2) is 45.8 Å². The van der Waals surface area contributed by atoms with Gasteiger partial charge in [-0.1, -0.05) is 36.2 Å². The molecular weight excluding hydrogens is 422 g/mol. The Balaban J connectivity index is 1.67. The van der Waals surface area contributed by atoms with Crippen LogP contribution in [0, 0.1) is 46.3 Å². The molecule has 3 unspecified atom stereocenters. The van der Waals surface area contributed by atoms with Gasteiger partial charge in [-0.3, -0.25) is 4.79 Å². The van der Waals surface area contributed by atoms with Crippen molar-refractivity contribution in [3.8, 4) is 0 Å². The van der Waals surface area contributed by atoms with Gasteiger partial charge in [0.05, 0.1) is 24.2 Å². The third-order valence-corrected chi connectivity index (χ3v) is 10.4. The highest BCUT2D eigenvalue weighted by Crippen LogP contribution is 2.66. The fraction of sp³-hybridized carbons (Fsp3) is 0.840. The second-order valence-corrected chi connectivity index (χ2v) is 11.4. The van der Waals surface area contributed by atoms with E-state index in [-0.39, 0.29) is 46.4 Å². The summed E-state index contributed by atoms with van der Waals surface area (Å²) in [6.07, 6.45) is 6.97. The number of carbonyl (C=O) groups is 1. The summed E-state index contributed by atoms with van der Waals surface area (Å²) in [6.45, 7) is 6.76. The largest absolute Gasteiger partial charge is 0.469 e. The smallest absolute Gasteiger partial charge is 0.305 e. The lowest BCUT2D eigenvalue weighted by Gasteiger charge is -2.60. The molecule has 0 radical (unpaired) electrons. The summed E-state index contributed by atoms with van der Waals surface area (Å²) in [6, 6.07) is 0. The average molecular weight is 462 g/mol. The summed E-state index contributed by atoms with van der Waals surface area (Å²) >= 11 is 0. The van der Waals surface area contributed by atoms with Crippen molar-refractivity contribution in [3.05, 3.63) is 0 Å². The Kier molecular flexibility index (Phi) is 6.49. The van der Waals surface area contributed by atoms with Crippen LogP contribution in [0.5, 0.6) is 0 Å². The molecular formula is C25H39N3O5. The van der Waals surface area contributed by atoms with E-state index in [1.165, 1.54) is 7.11 Å². The van der Waals surface area contributed by atoms with Crippen molar-refractivity contribution in [1.82, 2.24) is 0 Å². The molecule has 33 heavy (non-hydrogen) atoms. The fourth-order valence-electron chi connectivity index (χ4n) is 8.45. The summed E-state index contributed by atoms with van der Waals surface area (Å²) in [5.74, 6) is 1.27. The van der Waals surface area contributed by atoms with Crippen LogP contribution in [0.4, 0.5) is 0 Å². The molecule has 4 saturated carbocycles. The van der Waals surface area contributed by atoms with E-state index in [9.17, 15) is 20.4 Å². The number of fused-ring (bicyclic) bond motifs is 5. The fourth-order valence-corrected chi connectivity index (χ4v) is 8.45. The molecule has 0 aliphatic heterocycles. The molecule has 8 heteroatoms. The number of hydrogen-bond donors (Lipinski definition) is 3. The van der Waals surface area contributed by atoms with E-state index >= 15 is 0 Å². The highest BCUT2D eigenvalue weighted by atomic mass is 16.5. The second-order valence-electron chi connectivity index (χ2n) is 11.4. The van der Waals surface area contributed by atoms with Gasteiger partial charge in [-0.05, 0) is 86.4 Å². The van der Waals surface area contributed by atoms with Crippen molar-refractivity contribution in [2.45, 2.75) is 78.6 Å². The topological polar surface area (TPSA) is 124 Å². The summed E-state index contributed by atoms with van der Waals surface area (Å²) in [5.41, 5.74) is 2.26. The van der Waals surface area contributed by atoms with E-state index in [0.717, 1.165) is 55.7 Å². The Morgan fingerprint density at radius 3 is 2.48 bits per heavy atom. The highest BCUT2D eigenvalue weighted by molar-refractivity contribution is 5.97. The zero-order chi connectivity index (χ0) is 24.0. The van der Waals surface area contributed by atoms with Gasteiger partial charge in [-0.2, -0.15) is 0 Å². The van der Waals surface area contributed by atoms with E-state index in [1.54, 1.807) is 0 Å². The zero-order valence-electron chi connectivity index (χ0n) is 20.3. The van der Waals surface area contributed by atoms with E-state index in [2.05, 4.69) is 36.2 Å². The third kappa shape index (κ3) is 3.64. The number of carbonyl (C=O) groups excluding carboxylic acids is 1. The van der Waals surface area contributed by atoms with Gasteiger partial charge >= 0.3 is 5.97 Å². The minimum atomic E-state index is -0.295. The molecule has 0 aromatic heterocycles. The zero-order valence-corrected chi connectivity index (χ0v) is 20.3. The molecule has 8 atom stereocenters. The van der Waals surface area contributed by atoms with Crippen LogP contribution in [0.25, 0.3) is 0 Å². The van der Waals surface area contributed by atoms with E-state index < -0.39 is 0 Å². The first-order valence-electron chi connectivity index (χ1n) is 12.4. The molecule has 4 fully saturated rings. The maximum absolute atomic E-state index is 11.7. The minimum Gasteiger partial charge on any atom is -0.469 e. The number of hydrogen-bond acceptors (Lipinski definition) is 8. The van der Waals surface area contributed by atoms with Gasteiger partial charge in [0, 0.05) is 17.8 Å². The summed E-state index contributed by atoms with van der Waals surface area (Å²) in [7, 11) is 1.42. The van der Waals surface area contributed by atoms with Crippen molar-refractivity contribution >= 4 is 23.1 Å². The van der Waals surface area contributed by atoms with Crippen molar-refractivity contribution in [2.24, 2.45) is 61.8 Å². The number of nitrogens with zero attached hydrogens (tertiary/aromatic N) is 3. The van der Waals surface area contributed by atoms with Crippen molar-refractivity contribution in [3.63, 3.8) is 0 Å². The second kappa shape index (κ2) is 8.91. The Morgan fingerprint density at radius 2 is 1.85 bits per heavy atom. The molecule has 0 heterocycles. The molecule has 0 aromatic rings. The van der Waals surface area contributed by atoms with Crippen LogP contribution >= 0.6 is 0 Å². The van der Waals surface area contributed by atoms with Crippen molar-refractivity contribution < 1.29 is 25.2 Å². The van der Waals surface area contributed by atoms with Gasteiger partial charge in [0.1, 0.15) is 0 Å². The van der Waals surface area contributed by atoms with Gasteiger partial charge in [0.2, 0.25) is 0 Å². The summed E-state index contributed by atoms with van der Waals surface area (Å²) in [4.78, 5) is 11.7. The Labute approximate surface area is 196 Å². The number of oxime groups is 3. The first-order valence-corrected chi connectivity index (χ1v) is 12.4. The van der Waals surface area contributed by atoms with Crippen LogP contribution in [0.1, 0.15) is 78.6 Å². The number of esters is 1. The summed E-state index contributed by atoms with van der Waals surface area (Å²) < 4.78 is 4.84. The minimum absolute atomic E-state index is 0.0128. The van der Waals surface area contributed by atoms with Crippen LogP contribution in [-0.2, 0) is 9.53 Å². The average Bonchev–Trinajstić information content (AvgIpc) is 3.18. The molecule has 0 saturated heterocycles. The Morgan fingerprint density at radius 1 is 1.09 bits per heavy atom. The molecule has 0 bridgehead atoms. The SMILES string of the molecule is COC(=O)CCC(C)[C@H]1CC[C@H]2C3/C(=N/O)CC4C/C(=N\O)CC[C@]4(C)[C@H]3C/C(=N\O)[C@]12C. The van der Waals surface area contributed by atoms with E-state index in [4.69, 9.17) is 4.74 Å². The first kappa shape index (κ1) is 24.0. The molecule has 184 valence electrons. The maximum atomic E-state index is 11.7. The van der Waals surface area contributed by atoms with E-state index in [0.29, 0.717) is 25.2 Å². The van der Waals surface area contributed by atoms with E-state index in [1.807, 2.05) is 0 Å². The van der Waals surface area contributed by atoms with Crippen LogP contribution in [0.15, 0.2) is 15.5 Å². The first-order chi connectivity index (χ1) is 15.7.